The molecule has 0 fully saturated rings. The molecule has 0 amide bonds. The maximum Gasteiger partial charge on any atom is 0.359 e. The number of ether oxygens (including phenoxy) is 2. The minimum atomic E-state index is -2.21. The average Bonchev–Trinajstić information content (AvgIpc) is 3.18. The second kappa shape index (κ2) is 6.49. The van der Waals surface area contributed by atoms with E-state index in [1.165, 1.54) is 6.33 Å². The van der Waals surface area contributed by atoms with Gasteiger partial charge in [0.2, 0.25) is 5.78 Å². The van der Waals surface area contributed by atoms with Crippen molar-refractivity contribution in [3.63, 3.8) is 0 Å². The number of esters is 2. The number of hydrogen-bond donors (Lipinski definition) is 1. The first-order chi connectivity index (χ1) is 13.4. The predicted octanol–water partition coefficient (Wildman–Crippen LogP) is 1.83. The Morgan fingerprint density at radius 1 is 1.18 bits per heavy atom. The molecule has 0 radical (unpaired) electrons. The van der Waals surface area contributed by atoms with Crippen molar-refractivity contribution in [3.8, 4) is 0 Å². The van der Waals surface area contributed by atoms with Gasteiger partial charge in [-0.2, -0.15) is 0 Å². The molecular weight excluding hydrogens is 362 g/mol. The molecule has 0 saturated heterocycles. The highest BCUT2D eigenvalue weighted by atomic mass is 16.7. The van der Waals surface area contributed by atoms with Crippen LogP contribution in [0.3, 0.4) is 0 Å². The lowest BCUT2D eigenvalue weighted by molar-refractivity contribution is -0.224. The number of hydrogen-bond acceptors (Lipinski definition) is 6. The maximum absolute atomic E-state index is 13.4. The zero-order valence-corrected chi connectivity index (χ0v) is 15.3. The molecule has 8 nitrogen and oxygen atoms in total. The van der Waals surface area contributed by atoms with Gasteiger partial charge < -0.3 is 19.0 Å². The molecule has 8 heteroatoms. The number of nitrogens with zero attached hydrogens (tertiary/aromatic N) is 2. The van der Waals surface area contributed by atoms with Crippen molar-refractivity contribution < 1.29 is 23.9 Å². The first-order valence-corrected chi connectivity index (χ1v) is 8.62. The predicted molar refractivity (Wildman–Crippen MR) is 98.0 cm³/mol. The number of H-pyrrole nitrogens is 1. The molecule has 0 unspecified atom stereocenters. The minimum absolute atomic E-state index is 0.183. The Bertz CT molecular complexity index is 1120. The smallest absolute Gasteiger partial charge is 0.359 e. The highest BCUT2D eigenvalue weighted by Crippen LogP contribution is 2.35. The summed E-state index contributed by atoms with van der Waals surface area (Å²) >= 11 is 0. The summed E-state index contributed by atoms with van der Waals surface area (Å²) in [6.45, 7) is 1.77. The lowest BCUT2D eigenvalue weighted by Gasteiger charge is -2.30. The van der Waals surface area contributed by atoms with Gasteiger partial charge in [0.25, 0.3) is 0 Å². The van der Waals surface area contributed by atoms with Gasteiger partial charge in [0, 0.05) is 35.8 Å². The molecule has 0 aliphatic carbocycles. The number of aromatic nitrogens is 3. The van der Waals surface area contributed by atoms with Crippen LogP contribution in [0.25, 0.3) is 10.9 Å². The second-order valence-electron chi connectivity index (χ2n) is 6.51. The van der Waals surface area contributed by atoms with Crippen molar-refractivity contribution in [2.24, 2.45) is 7.05 Å². The number of para-hydroxylation sites is 1. The summed E-state index contributed by atoms with van der Waals surface area (Å²) in [5, 5.41) is 0.812. The van der Waals surface area contributed by atoms with Crippen LogP contribution in [0.1, 0.15) is 17.1 Å². The molecule has 1 N–H and O–H groups in total. The average molecular weight is 379 g/mol. The summed E-state index contributed by atoms with van der Waals surface area (Å²) in [5.41, 5.74) is 2.22. The summed E-state index contributed by atoms with van der Waals surface area (Å²) in [6.07, 6.45) is 3.17. The molecule has 142 valence electrons. The molecule has 3 aromatic rings. The number of cyclic esters (lactones) is 2. The van der Waals surface area contributed by atoms with Crippen LogP contribution < -0.4 is 0 Å². The van der Waals surface area contributed by atoms with Crippen molar-refractivity contribution in [1.82, 2.24) is 14.5 Å². The fourth-order valence-electron chi connectivity index (χ4n) is 3.31. The Balaban J connectivity index is 1.89. The fourth-order valence-corrected chi connectivity index (χ4v) is 3.31. The number of benzene rings is 1. The number of aryl methyl sites for hydroxylation is 2. The molecule has 1 aromatic carbocycles. The number of rotatable bonds is 4. The Morgan fingerprint density at radius 3 is 2.46 bits per heavy atom. The van der Waals surface area contributed by atoms with Crippen molar-refractivity contribution in [1.29, 1.82) is 0 Å². The first kappa shape index (κ1) is 17.7. The number of carbonyl (C=O) groups is 3. The SMILES string of the molecule is Cc1[nH]cnc1CC(=O)C1(c2cc3ccccc3n2C)OC(=O)C=CC(=O)O1. The van der Waals surface area contributed by atoms with E-state index in [0.29, 0.717) is 11.4 Å². The van der Waals surface area contributed by atoms with Crippen LogP contribution in [0.4, 0.5) is 0 Å². The van der Waals surface area contributed by atoms with E-state index in [1.54, 1.807) is 24.6 Å². The number of aromatic amines is 1. The molecule has 0 bridgehead atoms. The molecule has 0 atom stereocenters. The molecule has 3 heterocycles. The standard InChI is InChI=1S/C20H17N3O5/c1-12-14(22-11-21-12)10-17(24)20(27-18(25)7-8-19(26)28-20)16-9-13-5-3-4-6-15(13)23(16)2/h3-9,11H,10H2,1-2H3,(H,21,22). The topological polar surface area (TPSA) is 103 Å². The maximum atomic E-state index is 13.4. The quantitative estimate of drug-likeness (QED) is 0.694. The fraction of sp³-hybridized carbons (Fsp3) is 0.200. The third-order valence-corrected chi connectivity index (χ3v) is 4.76. The van der Waals surface area contributed by atoms with Gasteiger partial charge in [-0.15, -0.1) is 0 Å². The highest BCUT2D eigenvalue weighted by Gasteiger charge is 2.51. The van der Waals surface area contributed by atoms with Gasteiger partial charge in [0.15, 0.2) is 0 Å². The molecule has 4 rings (SSSR count). The summed E-state index contributed by atoms with van der Waals surface area (Å²) in [7, 11) is 1.71. The van der Waals surface area contributed by atoms with Crippen LogP contribution in [0.2, 0.25) is 0 Å². The van der Waals surface area contributed by atoms with Gasteiger partial charge in [-0.05, 0) is 19.1 Å². The number of carbonyl (C=O) groups excluding carboxylic acids is 3. The third-order valence-electron chi connectivity index (χ3n) is 4.76. The van der Waals surface area contributed by atoms with E-state index < -0.39 is 23.5 Å². The van der Waals surface area contributed by atoms with E-state index in [4.69, 9.17) is 9.47 Å². The summed E-state index contributed by atoms with van der Waals surface area (Å²) in [6, 6.07) is 9.08. The van der Waals surface area contributed by atoms with Crippen molar-refractivity contribution in [2.75, 3.05) is 0 Å². The second-order valence-corrected chi connectivity index (χ2v) is 6.51. The van der Waals surface area contributed by atoms with Gasteiger partial charge >= 0.3 is 17.7 Å². The number of nitrogens with one attached hydrogen (secondary N) is 1. The van der Waals surface area contributed by atoms with E-state index in [1.807, 2.05) is 24.3 Å². The number of fused-ring (bicyclic) bond motifs is 1. The Kier molecular flexibility index (Phi) is 4.11. The van der Waals surface area contributed by atoms with Gasteiger partial charge in [-0.1, -0.05) is 18.2 Å². The van der Waals surface area contributed by atoms with E-state index in [2.05, 4.69) is 9.97 Å². The molecule has 28 heavy (non-hydrogen) atoms. The Hall–Kier alpha value is -3.68. The monoisotopic (exact) mass is 379 g/mol. The first-order valence-electron chi connectivity index (χ1n) is 8.62. The van der Waals surface area contributed by atoms with Crippen LogP contribution in [-0.4, -0.2) is 32.3 Å². The van der Waals surface area contributed by atoms with Crippen LogP contribution in [0.15, 0.2) is 48.8 Å². The molecule has 1 aliphatic rings. The zero-order chi connectivity index (χ0) is 19.9. The van der Waals surface area contributed by atoms with Gasteiger partial charge in [0.05, 0.1) is 18.4 Å². The highest BCUT2D eigenvalue weighted by molar-refractivity contribution is 6.00. The third kappa shape index (κ3) is 2.79. The summed E-state index contributed by atoms with van der Waals surface area (Å²) in [5.74, 6) is -4.51. The molecule has 2 aromatic heterocycles. The molecular formula is C20H17N3O5. The summed E-state index contributed by atoms with van der Waals surface area (Å²) in [4.78, 5) is 44.8. The Labute approximate surface area is 159 Å². The Morgan fingerprint density at radius 2 is 1.86 bits per heavy atom. The van der Waals surface area contributed by atoms with E-state index in [9.17, 15) is 14.4 Å². The largest absolute Gasteiger partial charge is 0.406 e. The van der Waals surface area contributed by atoms with Crippen molar-refractivity contribution in [2.45, 2.75) is 19.1 Å². The van der Waals surface area contributed by atoms with E-state index >= 15 is 0 Å². The van der Waals surface area contributed by atoms with Crippen LogP contribution in [0.5, 0.6) is 0 Å². The van der Waals surface area contributed by atoms with Crippen molar-refractivity contribution >= 4 is 28.6 Å². The summed E-state index contributed by atoms with van der Waals surface area (Å²) < 4.78 is 12.6. The number of imidazole rings is 1. The van der Waals surface area contributed by atoms with Gasteiger partial charge in [0.1, 0.15) is 5.69 Å². The van der Waals surface area contributed by atoms with Crippen LogP contribution in [-0.2, 0) is 43.1 Å². The van der Waals surface area contributed by atoms with Crippen molar-refractivity contribution in [3.05, 3.63) is 65.9 Å². The normalized spacial score (nSPS) is 15.9. The van der Waals surface area contributed by atoms with Crippen LogP contribution in [0, 0.1) is 6.92 Å². The van der Waals surface area contributed by atoms with Crippen LogP contribution >= 0.6 is 0 Å². The molecule has 0 spiro atoms. The van der Waals surface area contributed by atoms with E-state index in [0.717, 1.165) is 23.1 Å². The molecule has 1 aliphatic heterocycles. The minimum Gasteiger partial charge on any atom is -0.406 e. The number of ketones is 1. The van der Waals surface area contributed by atoms with E-state index in [-0.39, 0.29) is 12.1 Å². The lowest BCUT2D eigenvalue weighted by Crippen LogP contribution is -2.45. The molecule has 0 saturated carbocycles. The zero-order valence-electron chi connectivity index (χ0n) is 15.3. The lowest BCUT2D eigenvalue weighted by atomic mass is 10.0. The van der Waals surface area contributed by atoms with Gasteiger partial charge in [-0.3, -0.25) is 4.79 Å². The van der Waals surface area contributed by atoms with Gasteiger partial charge in [-0.25, -0.2) is 14.6 Å². The number of Topliss-reactive ketones (excluding diaryl/α,β-unsaturated/α-hetero) is 1.